The molecule has 25 heavy (non-hydrogen) atoms. The van der Waals surface area contributed by atoms with Crippen LogP contribution in [0, 0.1) is 0 Å². The molecule has 0 saturated carbocycles. The monoisotopic (exact) mass is 385 g/mol. The summed E-state index contributed by atoms with van der Waals surface area (Å²) in [7, 11) is 0. The molecule has 0 aliphatic rings. The summed E-state index contributed by atoms with van der Waals surface area (Å²) < 4.78 is 7.01. The number of aromatic nitrogens is 1. The summed E-state index contributed by atoms with van der Waals surface area (Å²) in [6.07, 6.45) is 0. The summed E-state index contributed by atoms with van der Waals surface area (Å²) >= 11 is 13.6. The molecule has 1 aromatic heterocycles. The normalized spacial score (nSPS) is 11.0. The van der Waals surface area contributed by atoms with E-state index in [9.17, 15) is 0 Å². The number of thiazole rings is 1. The zero-order chi connectivity index (χ0) is 17.2. The van der Waals surface area contributed by atoms with E-state index < -0.39 is 0 Å². The van der Waals surface area contributed by atoms with Crippen molar-refractivity contribution in [2.45, 2.75) is 6.61 Å². The van der Waals surface area contributed by atoms with E-state index in [-0.39, 0.29) is 0 Å². The number of hydrogen-bond donors (Lipinski definition) is 0. The quantitative estimate of drug-likeness (QED) is 0.383. The number of hydrogen-bond acceptors (Lipinski definition) is 3. The Labute approximate surface area is 159 Å². The third-order valence-electron chi connectivity index (χ3n) is 3.78. The van der Waals surface area contributed by atoms with E-state index >= 15 is 0 Å². The number of rotatable bonds is 4. The average Bonchev–Trinajstić information content (AvgIpc) is 3.07. The van der Waals surface area contributed by atoms with E-state index in [4.69, 9.17) is 27.9 Å². The van der Waals surface area contributed by atoms with Gasteiger partial charge in [0.1, 0.15) is 17.4 Å². The third kappa shape index (κ3) is 3.64. The van der Waals surface area contributed by atoms with E-state index in [0.717, 1.165) is 27.4 Å². The van der Waals surface area contributed by atoms with Crippen molar-refractivity contribution in [1.82, 2.24) is 4.98 Å². The number of benzene rings is 3. The van der Waals surface area contributed by atoms with E-state index in [1.165, 1.54) is 4.70 Å². The van der Waals surface area contributed by atoms with Gasteiger partial charge in [0.25, 0.3) is 0 Å². The largest absolute Gasteiger partial charge is 0.489 e. The highest BCUT2D eigenvalue weighted by molar-refractivity contribution is 7.21. The molecule has 0 fully saturated rings. The molecular weight excluding hydrogens is 373 g/mol. The fourth-order valence-corrected chi connectivity index (χ4v) is 3.78. The Kier molecular flexibility index (Phi) is 4.62. The van der Waals surface area contributed by atoms with Gasteiger partial charge in [-0.15, -0.1) is 11.3 Å². The van der Waals surface area contributed by atoms with Gasteiger partial charge < -0.3 is 4.74 Å². The van der Waals surface area contributed by atoms with Gasteiger partial charge in [-0.25, -0.2) is 4.98 Å². The van der Waals surface area contributed by atoms with E-state index in [1.807, 2.05) is 54.6 Å². The number of halogens is 2. The first-order valence-corrected chi connectivity index (χ1v) is 9.29. The molecule has 0 saturated heterocycles. The fraction of sp³-hybridized carbons (Fsp3) is 0.0500. The lowest BCUT2D eigenvalue weighted by atomic mass is 10.2. The summed E-state index contributed by atoms with van der Waals surface area (Å²) in [4.78, 5) is 4.67. The lowest BCUT2D eigenvalue weighted by molar-refractivity contribution is 0.306. The number of nitrogens with zero attached hydrogens (tertiary/aromatic N) is 1. The maximum Gasteiger partial charge on any atom is 0.124 e. The van der Waals surface area contributed by atoms with Gasteiger partial charge in [0.05, 0.1) is 20.3 Å². The Hall–Kier alpha value is -2.07. The molecule has 1 heterocycles. The minimum Gasteiger partial charge on any atom is -0.489 e. The number of ether oxygens (including phenoxy) is 1. The van der Waals surface area contributed by atoms with Crippen molar-refractivity contribution in [3.63, 3.8) is 0 Å². The SMILES string of the molecule is Clc1ccc(COc2ccc(-c3nc4ccccc4s3)cc2)cc1Cl. The molecule has 2 nitrogen and oxygen atoms in total. The van der Waals surface area contributed by atoms with Crippen molar-refractivity contribution in [2.24, 2.45) is 0 Å². The Bertz CT molecular complexity index is 994. The molecule has 4 aromatic rings. The van der Waals surface area contributed by atoms with Gasteiger partial charge in [-0.3, -0.25) is 0 Å². The Balaban J connectivity index is 1.48. The molecule has 0 atom stereocenters. The lowest BCUT2D eigenvalue weighted by Crippen LogP contribution is -1.95. The lowest BCUT2D eigenvalue weighted by Gasteiger charge is -2.07. The van der Waals surface area contributed by atoms with Gasteiger partial charge >= 0.3 is 0 Å². The van der Waals surface area contributed by atoms with Crippen molar-refractivity contribution >= 4 is 44.8 Å². The number of fused-ring (bicyclic) bond motifs is 1. The predicted molar refractivity (Wildman–Crippen MR) is 106 cm³/mol. The molecule has 3 aromatic carbocycles. The topological polar surface area (TPSA) is 22.1 Å². The first kappa shape index (κ1) is 16.4. The molecule has 0 unspecified atom stereocenters. The van der Waals surface area contributed by atoms with Gasteiger partial charge in [0.15, 0.2) is 0 Å². The molecular formula is C20H13Cl2NOS. The maximum atomic E-state index is 6.02. The van der Waals surface area contributed by atoms with Crippen LogP contribution < -0.4 is 4.74 Å². The van der Waals surface area contributed by atoms with Gasteiger partial charge in [-0.05, 0) is 54.1 Å². The fourth-order valence-electron chi connectivity index (χ4n) is 2.49. The Morgan fingerprint density at radius 1 is 0.880 bits per heavy atom. The Morgan fingerprint density at radius 2 is 1.68 bits per heavy atom. The Morgan fingerprint density at radius 3 is 2.44 bits per heavy atom. The van der Waals surface area contributed by atoms with E-state index in [1.54, 1.807) is 17.4 Å². The zero-order valence-electron chi connectivity index (χ0n) is 13.1. The van der Waals surface area contributed by atoms with Gasteiger partial charge in [0.2, 0.25) is 0 Å². The van der Waals surface area contributed by atoms with Crippen LogP contribution in [0.15, 0.2) is 66.7 Å². The van der Waals surface area contributed by atoms with Crippen LogP contribution in [-0.4, -0.2) is 4.98 Å². The minimum atomic E-state index is 0.442. The molecule has 0 aliphatic carbocycles. The van der Waals surface area contributed by atoms with Crippen molar-refractivity contribution in [3.8, 4) is 16.3 Å². The smallest absolute Gasteiger partial charge is 0.124 e. The summed E-state index contributed by atoms with van der Waals surface area (Å²) in [5, 5.41) is 2.09. The molecule has 0 bridgehead atoms. The molecule has 5 heteroatoms. The van der Waals surface area contributed by atoms with Crippen LogP contribution in [0.3, 0.4) is 0 Å². The molecule has 0 spiro atoms. The third-order valence-corrected chi connectivity index (χ3v) is 5.61. The minimum absolute atomic E-state index is 0.442. The van der Waals surface area contributed by atoms with Gasteiger partial charge in [-0.2, -0.15) is 0 Å². The van der Waals surface area contributed by atoms with Crippen LogP contribution in [0.4, 0.5) is 0 Å². The maximum absolute atomic E-state index is 6.02. The van der Waals surface area contributed by atoms with Crippen LogP contribution in [-0.2, 0) is 6.61 Å². The van der Waals surface area contributed by atoms with Crippen LogP contribution in [0.1, 0.15) is 5.56 Å². The summed E-state index contributed by atoms with van der Waals surface area (Å²) in [6, 6.07) is 21.6. The van der Waals surface area contributed by atoms with Crippen molar-refractivity contribution in [3.05, 3.63) is 82.3 Å². The van der Waals surface area contributed by atoms with E-state index in [2.05, 4.69) is 11.1 Å². The van der Waals surface area contributed by atoms with Crippen molar-refractivity contribution in [1.29, 1.82) is 0 Å². The molecule has 124 valence electrons. The van der Waals surface area contributed by atoms with Crippen LogP contribution >= 0.6 is 34.5 Å². The predicted octanol–water partition coefficient (Wildman–Crippen LogP) is 6.85. The van der Waals surface area contributed by atoms with Crippen molar-refractivity contribution < 1.29 is 4.74 Å². The summed E-state index contributed by atoms with van der Waals surface area (Å²) in [5.74, 6) is 0.802. The highest BCUT2D eigenvalue weighted by Gasteiger charge is 2.06. The molecule has 0 aliphatic heterocycles. The second kappa shape index (κ2) is 7.04. The molecule has 0 N–H and O–H groups in total. The second-order valence-corrected chi connectivity index (χ2v) is 7.39. The molecule has 0 radical (unpaired) electrons. The van der Waals surface area contributed by atoms with E-state index in [0.29, 0.717) is 16.7 Å². The van der Waals surface area contributed by atoms with Crippen LogP contribution in [0.25, 0.3) is 20.8 Å². The first-order valence-electron chi connectivity index (χ1n) is 7.72. The first-order chi connectivity index (χ1) is 12.2. The van der Waals surface area contributed by atoms with Crippen LogP contribution in [0.2, 0.25) is 10.0 Å². The average molecular weight is 386 g/mol. The summed E-state index contributed by atoms with van der Waals surface area (Å²) in [5.41, 5.74) is 3.09. The summed E-state index contributed by atoms with van der Waals surface area (Å²) in [6.45, 7) is 0.442. The molecule has 0 amide bonds. The van der Waals surface area contributed by atoms with Gasteiger partial charge in [-0.1, -0.05) is 41.4 Å². The zero-order valence-corrected chi connectivity index (χ0v) is 15.4. The van der Waals surface area contributed by atoms with Crippen LogP contribution in [0.5, 0.6) is 5.75 Å². The second-order valence-electron chi connectivity index (χ2n) is 5.55. The number of para-hydroxylation sites is 1. The van der Waals surface area contributed by atoms with Crippen molar-refractivity contribution in [2.75, 3.05) is 0 Å². The standard InChI is InChI=1S/C20H13Cl2NOS/c21-16-10-5-13(11-17(16)22)12-24-15-8-6-14(7-9-15)20-23-18-3-1-2-4-19(18)25-20/h1-11H,12H2. The highest BCUT2D eigenvalue weighted by Crippen LogP contribution is 2.31. The van der Waals surface area contributed by atoms with Gasteiger partial charge in [0, 0.05) is 5.56 Å². The molecule has 4 rings (SSSR count). The highest BCUT2D eigenvalue weighted by atomic mass is 35.5.